The molecule has 0 aliphatic rings. The van der Waals surface area contributed by atoms with Crippen molar-refractivity contribution in [1.82, 2.24) is 15.5 Å². The van der Waals surface area contributed by atoms with Gasteiger partial charge in [0.1, 0.15) is 0 Å². The second-order valence-corrected chi connectivity index (χ2v) is 3.07. The van der Waals surface area contributed by atoms with E-state index in [1.807, 2.05) is 0 Å². The number of amides is 1. The van der Waals surface area contributed by atoms with E-state index in [4.69, 9.17) is 0 Å². The molecule has 0 radical (unpaired) electrons. The molecule has 5 heteroatoms. The fourth-order valence-corrected chi connectivity index (χ4v) is 1.09. The number of halogens is 1. The van der Waals surface area contributed by atoms with E-state index in [0.717, 1.165) is 19.3 Å². The average molecular weight is 230 g/mol. The Labute approximate surface area is 95.9 Å². The monoisotopic (exact) mass is 229 g/mol. The van der Waals surface area contributed by atoms with Gasteiger partial charge in [0.2, 0.25) is 0 Å². The molecule has 1 amide bonds. The number of nitrogens with one attached hydrogen (secondary N) is 1. The summed E-state index contributed by atoms with van der Waals surface area (Å²) in [7, 11) is 0. The summed E-state index contributed by atoms with van der Waals surface area (Å²) in [6.07, 6.45) is 4.86. The first-order chi connectivity index (χ1) is 6.84. The maximum atomic E-state index is 11.4. The van der Waals surface area contributed by atoms with Crippen LogP contribution in [0.25, 0.3) is 0 Å². The van der Waals surface area contributed by atoms with Crippen molar-refractivity contribution in [3.63, 3.8) is 0 Å². The highest BCUT2D eigenvalue weighted by Gasteiger charge is 2.04. The lowest BCUT2D eigenvalue weighted by molar-refractivity contribution is 0.0947. The SMILES string of the molecule is CCCCCNC(=O)c1cccnn1.Cl. The Morgan fingerprint density at radius 2 is 2.27 bits per heavy atom. The van der Waals surface area contributed by atoms with E-state index in [1.54, 1.807) is 18.3 Å². The zero-order chi connectivity index (χ0) is 10.2. The van der Waals surface area contributed by atoms with Crippen molar-refractivity contribution in [1.29, 1.82) is 0 Å². The molecule has 0 aliphatic heterocycles. The van der Waals surface area contributed by atoms with Crippen LogP contribution in [0.1, 0.15) is 36.7 Å². The maximum absolute atomic E-state index is 11.4. The number of unbranched alkanes of at least 4 members (excludes halogenated alkanes) is 2. The van der Waals surface area contributed by atoms with Crippen LogP contribution in [0.4, 0.5) is 0 Å². The predicted octanol–water partition coefficient (Wildman–Crippen LogP) is 1.82. The number of rotatable bonds is 5. The van der Waals surface area contributed by atoms with Gasteiger partial charge in [-0.2, -0.15) is 5.10 Å². The van der Waals surface area contributed by atoms with Crippen molar-refractivity contribution in [2.24, 2.45) is 0 Å². The third-order valence-corrected chi connectivity index (χ3v) is 1.87. The number of carbonyl (C=O) groups is 1. The highest BCUT2D eigenvalue weighted by molar-refractivity contribution is 5.91. The summed E-state index contributed by atoms with van der Waals surface area (Å²) in [5.74, 6) is -0.144. The van der Waals surface area contributed by atoms with E-state index in [0.29, 0.717) is 12.2 Å². The molecule has 0 aromatic carbocycles. The Balaban J connectivity index is 0.00000196. The molecule has 1 heterocycles. The van der Waals surface area contributed by atoms with Gasteiger partial charge in [-0.3, -0.25) is 4.79 Å². The Morgan fingerprint density at radius 3 is 2.87 bits per heavy atom. The van der Waals surface area contributed by atoms with Crippen molar-refractivity contribution in [3.8, 4) is 0 Å². The topological polar surface area (TPSA) is 54.9 Å². The summed E-state index contributed by atoms with van der Waals surface area (Å²) in [4.78, 5) is 11.4. The minimum absolute atomic E-state index is 0. The Hall–Kier alpha value is -1.16. The van der Waals surface area contributed by atoms with Gasteiger partial charge in [0.15, 0.2) is 5.69 Å². The molecule has 1 aromatic heterocycles. The summed E-state index contributed by atoms with van der Waals surface area (Å²) < 4.78 is 0. The Kier molecular flexibility index (Phi) is 7.54. The number of nitrogens with zero attached hydrogens (tertiary/aromatic N) is 2. The minimum atomic E-state index is -0.144. The van der Waals surface area contributed by atoms with Gasteiger partial charge < -0.3 is 5.32 Å². The van der Waals surface area contributed by atoms with E-state index in [9.17, 15) is 4.79 Å². The van der Waals surface area contributed by atoms with Gasteiger partial charge in [0, 0.05) is 12.7 Å². The number of hydrogen-bond donors (Lipinski definition) is 1. The van der Waals surface area contributed by atoms with E-state index in [1.165, 1.54) is 0 Å². The molecule has 0 bridgehead atoms. The van der Waals surface area contributed by atoms with E-state index < -0.39 is 0 Å². The lowest BCUT2D eigenvalue weighted by Crippen LogP contribution is -2.25. The number of aromatic nitrogens is 2. The first kappa shape index (κ1) is 13.8. The first-order valence-corrected chi connectivity index (χ1v) is 4.90. The molecule has 0 spiro atoms. The van der Waals surface area contributed by atoms with Crippen LogP contribution < -0.4 is 5.32 Å². The lowest BCUT2D eigenvalue weighted by atomic mass is 10.2. The number of carbonyl (C=O) groups excluding carboxylic acids is 1. The van der Waals surface area contributed by atoms with E-state index in [2.05, 4.69) is 22.4 Å². The molecule has 1 N–H and O–H groups in total. The Bertz CT molecular complexity index is 279. The average Bonchev–Trinajstić information content (AvgIpc) is 2.25. The van der Waals surface area contributed by atoms with Crippen LogP contribution in [-0.4, -0.2) is 22.6 Å². The summed E-state index contributed by atoms with van der Waals surface area (Å²) in [6.45, 7) is 2.84. The largest absolute Gasteiger partial charge is 0.351 e. The summed E-state index contributed by atoms with van der Waals surface area (Å²) >= 11 is 0. The standard InChI is InChI=1S/C10H15N3O.ClH/c1-2-3-4-7-11-10(14)9-6-5-8-12-13-9;/h5-6,8H,2-4,7H2,1H3,(H,11,14);1H. The van der Waals surface area contributed by atoms with Gasteiger partial charge in [-0.1, -0.05) is 19.8 Å². The molecule has 1 rings (SSSR count). The molecule has 1 aromatic rings. The molecule has 0 unspecified atom stereocenters. The molecule has 0 atom stereocenters. The lowest BCUT2D eigenvalue weighted by Gasteiger charge is -2.02. The second-order valence-electron chi connectivity index (χ2n) is 3.07. The van der Waals surface area contributed by atoms with E-state index in [-0.39, 0.29) is 18.3 Å². The highest BCUT2D eigenvalue weighted by atomic mass is 35.5. The van der Waals surface area contributed by atoms with Gasteiger partial charge in [0.05, 0.1) is 0 Å². The van der Waals surface area contributed by atoms with Crippen LogP contribution in [-0.2, 0) is 0 Å². The van der Waals surface area contributed by atoms with Gasteiger partial charge in [-0.15, -0.1) is 17.5 Å². The third-order valence-electron chi connectivity index (χ3n) is 1.87. The van der Waals surface area contributed by atoms with Crippen molar-refractivity contribution >= 4 is 18.3 Å². The zero-order valence-electron chi connectivity index (χ0n) is 8.77. The van der Waals surface area contributed by atoms with Crippen LogP contribution >= 0.6 is 12.4 Å². The molecule has 0 saturated carbocycles. The van der Waals surface area contributed by atoms with Crippen LogP contribution in [0.5, 0.6) is 0 Å². The second kappa shape index (κ2) is 8.17. The summed E-state index contributed by atoms with van der Waals surface area (Å²) in [6, 6.07) is 3.36. The number of hydrogen-bond acceptors (Lipinski definition) is 3. The predicted molar refractivity (Wildman–Crippen MR) is 61.1 cm³/mol. The van der Waals surface area contributed by atoms with Crippen LogP contribution in [0, 0.1) is 0 Å². The van der Waals surface area contributed by atoms with Crippen molar-refractivity contribution in [2.45, 2.75) is 26.2 Å². The molecular formula is C10H16ClN3O. The molecule has 0 fully saturated rings. The molecular weight excluding hydrogens is 214 g/mol. The normalized spacial score (nSPS) is 9.13. The van der Waals surface area contributed by atoms with Crippen LogP contribution in [0.3, 0.4) is 0 Å². The molecule has 4 nitrogen and oxygen atoms in total. The van der Waals surface area contributed by atoms with Crippen LogP contribution in [0.2, 0.25) is 0 Å². The quantitative estimate of drug-likeness (QED) is 0.784. The molecule has 0 saturated heterocycles. The van der Waals surface area contributed by atoms with Crippen molar-refractivity contribution < 1.29 is 4.79 Å². The van der Waals surface area contributed by atoms with Crippen molar-refractivity contribution in [2.75, 3.05) is 6.54 Å². The molecule has 15 heavy (non-hydrogen) atoms. The van der Waals surface area contributed by atoms with Gasteiger partial charge in [-0.05, 0) is 18.6 Å². The van der Waals surface area contributed by atoms with Gasteiger partial charge in [-0.25, -0.2) is 0 Å². The Morgan fingerprint density at radius 1 is 1.47 bits per heavy atom. The van der Waals surface area contributed by atoms with Gasteiger partial charge >= 0.3 is 0 Å². The maximum Gasteiger partial charge on any atom is 0.271 e. The fraction of sp³-hybridized carbons (Fsp3) is 0.500. The van der Waals surface area contributed by atoms with E-state index >= 15 is 0 Å². The van der Waals surface area contributed by atoms with Crippen LogP contribution in [0.15, 0.2) is 18.3 Å². The smallest absolute Gasteiger partial charge is 0.271 e. The first-order valence-electron chi connectivity index (χ1n) is 4.90. The summed E-state index contributed by atoms with van der Waals surface area (Å²) in [5.41, 5.74) is 0.379. The molecule has 0 aliphatic carbocycles. The highest BCUT2D eigenvalue weighted by Crippen LogP contribution is 1.93. The minimum Gasteiger partial charge on any atom is -0.351 e. The molecule has 84 valence electrons. The van der Waals surface area contributed by atoms with Crippen molar-refractivity contribution in [3.05, 3.63) is 24.0 Å². The summed E-state index contributed by atoms with van der Waals surface area (Å²) in [5, 5.41) is 10.1. The zero-order valence-corrected chi connectivity index (χ0v) is 9.59. The van der Waals surface area contributed by atoms with Gasteiger partial charge in [0.25, 0.3) is 5.91 Å². The third kappa shape index (κ3) is 5.32. The fourth-order valence-electron chi connectivity index (χ4n) is 1.09.